The van der Waals surface area contributed by atoms with Crippen LogP contribution in [-0.2, 0) is 17.4 Å². The standard InChI is InChI=1S/C17H27NOS/c1-6-14(2)16(18-20(19)17(3,4)5)13-12-15-10-8-7-9-11-15/h6-11,14,16,18H,1,12-13H2,2-5H3/t14-,16+,20?/m0/s1. The molecule has 112 valence electrons. The molecule has 0 spiro atoms. The summed E-state index contributed by atoms with van der Waals surface area (Å²) in [5.41, 5.74) is 1.32. The maximum absolute atomic E-state index is 12.3. The van der Waals surface area contributed by atoms with Crippen LogP contribution in [0.5, 0.6) is 0 Å². The molecule has 1 N–H and O–H groups in total. The third-order valence-corrected chi connectivity index (χ3v) is 5.04. The molecular weight excluding hydrogens is 266 g/mol. The third kappa shape index (κ3) is 5.59. The maximum Gasteiger partial charge on any atom is 0.0972 e. The number of benzene rings is 1. The van der Waals surface area contributed by atoms with Gasteiger partial charge in [0.25, 0.3) is 0 Å². The van der Waals surface area contributed by atoms with Crippen LogP contribution >= 0.6 is 0 Å². The monoisotopic (exact) mass is 293 g/mol. The fraction of sp³-hybridized carbons (Fsp3) is 0.529. The first-order chi connectivity index (χ1) is 9.34. The molecule has 0 bridgehead atoms. The summed E-state index contributed by atoms with van der Waals surface area (Å²) in [6.07, 6.45) is 3.87. The van der Waals surface area contributed by atoms with Gasteiger partial charge in [-0.05, 0) is 45.1 Å². The van der Waals surface area contributed by atoms with Crippen LogP contribution in [-0.4, -0.2) is 15.0 Å². The molecule has 0 saturated carbocycles. The lowest BCUT2D eigenvalue weighted by molar-refractivity contribution is 0.465. The van der Waals surface area contributed by atoms with E-state index in [0.717, 1.165) is 12.8 Å². The molecule has 0 aromatic heterocycles. The first kappa shape index (κ1) is 17.1. The van der Waals surface area contributed by atoms with Crippen LogP contribution in [0.15, 0.2) is 43.0 Å². The van der Waals surface area contributed by atoms with Crippen LogP contribution in [0, 0.1) is 5.92 Å². The molecular formula is C17H27NOS. The lowest BCUT2D eigenvalue weighted by Crippen LogP contribution is -2.42. The van der Waals surface area contributed by atoms with Crippen molar-refractivity contribution in [2.75, 3.05) is 0 Å². The summed E-state index contributed by atoms with van der Waals surface area (Å²) in [5.74, 6) is 0.296. The molecule has 1 rings (SSSR count). The van der Waals surface area contributed by atoms with Gasteiger partial charge in [0.1, 0.15) is 0 Å². The van der Waals surface area contributed by atoms with E-state index in [1.807, 2.05) is 32.9 Å². The highest BCUT2D eigenvalue weighted by molar-refractivity contribution is 7.84. The summed E-state index contributed by atoms with van der Waals surface area (Å²) in [6.45, 7) is 12.0. The minimum absolute atomic E-state index is 0.188. The SMILES string of the molecule is C=C[C@H](C)[C@@H](CCc1ccccc1)NS(=O)C(C)(C)C. The molecule has 1 unspecified atom stereocenters. The van der Waals surface area contributed by atoms with E-state index in [1.54, 1.807) is 0 Å². The van der Waals surface area contributed by atoms with Gasteiger partial charge in [0.05, 0.1) is 15.7 Å². The van der Waals surface area contributed by atoms with Crippen molar-refractivity contribution < 1.29 is 4.21 Å². The molecule has 0 amide bonds. The molecule has 3 atom stereocenters. The largest absolute Gasteiger partial charge is 0.242 e. The van der Waals surface area contributed by atoms with Gasteiger partial charge >= 0.3 is 0 Å². The molecule has 0 aliphatic heterocycles. The Labute approximate surface area is 126 Å². The zero-order valence-corrected chi connectivity index (χ0v) is 13.9. The number of aryl methyl sites for hydroxylation is 1. The van der Waals surface area contributed by atoms with E-state index >= 15 is 0 Å². The minimum Gasteiger partial charge on any atom is -0.242 e. The second kappa shape index (κ2) is 7.75. The molecule has 0 saturated heterocycles. The van der Waals surface area contributed by atoms with Crippen molar-refractivity contribution in [1.82, 2.24) is 4.72 Å². The summed E-state index contributed by atoms with van der Waals surface area (Å²) in [7, 11) is -1.05. The second-order valence-corrected chi connectivity index (χ2v) is 8.22. The van der Waals surface area contributed by atoms with Crippen molar-refractivity contribution in [2.45, 2.75) is 51.3 Å². The van der Waals surface area contributed by atoms with Crippen molar-refractivity contribution in [1.29, 1.82) is 0 Å². The summed E-state index contributed by atoms with van der Waals surface area (Å²) < 4.78 is 15.3. The van der Waals surface area contributed by atoms with E-state index in [2.05, 4.69) is 42.5 Å². The normalized spacial score (nSPS) is 16.4. The van der Waals surface area contributed by atoms with Crippen molar-refractivity contribution in [2.24, 2.45) is 5.92 Å². The van der Waals surface area contributed by atoms with Gasteiger partial charge in [0.2, 0.25) is 0 Å². The summed E-state index contributed by atoms with van der Waals surface area (Å²) >= 11 is 0. The van der Waals surface area contributed by atoms with E-state index in [0.29, 0.717) is 5.92 Å². The van der Waals surface area contributed by atoms with Crippen LogP contribution in [0.3, 0.4) is 0 Å². The van der Waals surface area contributed by atoms with Gasteiger partial charge in [-0.2, -0.15) is 0 Å². The number of nitrogens with one attached hydrogen (secondary N) is 1. The first-order valence-corrected chi connectivity index (χ1v) is 8.34. The minimum atomic E-state index is -1.05. The molecule has 20 heavy (non-hydrogen) atoms. The zero-order valence-electron chi connectivity index (χ0n) is 13.1. The van der Waals surface area contributed by atoms with Crippen LogP contribution in [0.4, 0.5) is 0 Å². The van der Waals surface area contributed by atoms with Gasteiger partial charge in [0, 0.05) is 6.04 Å². The Morgan fingerprint density at radius 3 is 2.40 bits per heavy atom. The van der Waals surface area contributed by atoms with Crippen LogP contribution < -0.4 is 4.72 Å². The van der Waals surface area contributed by atoms with Gasteiger partial charge in [-0.1, -0.05) is 43.3 Å². The summed E-state index contributed by atoms with van der Waals surface area (Å²) in [5, 5.41) is 0. The molecule has 1 aromatic rings. The van der Waals surface area contributed by atoms with Gasteiger partial charge in [0.15, 0.2) is 0 Å². The van der Waals surface area contributed by atoms with E-state index in [9.17, 15) is 4.21 Å². The molecule has 0 heterocycles. The number of hydrogen-bond donors (Lipinski definition) is 1. The first-order valence-electron chi connectivity index (χ1n) is 7.19. The summed E-state index contributed by atoms with van der Waals surface area (Å²) in [6, 6.07) is 10.6. The van der Waals surface area contributed by atoms with Crippen molar-refractivity contribution in [3.05, 3.63) is 48.6 Å². The van der Waals surface area contributed by atoms with Gasteiger partial charge in [-0.3, -0.25) is 0 Å². The average Bonchev–Trinajstić information content (AvgIpc) is 2.42. The Hall–Kier alpha value is -0.930. The van der Waals surface area contributed by atoms with E-state index < -0.39 is 11.0 Å². The summed E-state index contributed by atoms with van der Waals surface area (Å²) in [4.78, 5) is 0. The molecule has 0 aliphatic rings. The lowest BCUT2D eigenvalue weighted by Gasteiger charge is -2.27. The molecule has 0 fully saturated rings. The van der Waals surface area contributed by atoms with E-state index in [4.69, 9.17) is 0 Å². The number of rotatable bonds is 7. The topological polar surface area (TPSA) is 29.1 Å². The Kier molecular flexibility index (Phi) is 6.63. The Bertz CT molecular complexity index is 436. The van der Waals surface area contributed by atoms with Crippen molar-refractivity contribution in [3.63, 3.8) is 0 Å². The third-order valence-electron chi connectivity index (χ3n) is 3.41. The van der Waals surface area contributed by atoms with Crippen LogP contribution in [0.2, 0.25) is 0 Å². The molecule has 0 radical (unpaired) electrons. The van der Waals surface area contributed by atoms with Gasteiger partial charge in [-0.25, -0.2) is 8.93 Å². The fourth-order valence-corrected chi connectivity index (χ4v) is 2.84. The number of hydrogen-bond acceptors (Lipinski definition) is 1. The predicted octanol–water partition coefficient (Wildman–Crippen LogP) is 3.86. The highest BCUT2D eigenvalue weighted by atomic mass is 32.2. The second-order valence-electron chi connectivity index (χ2n) is 6.22. The molecule has 0 aliphatic carbocycles. The van der Waals surface area contributed by atoms with E-state index in [1.165, 1.54) is 5.56 Å². The van der Waals surface area contributed by atoms with Gasteiger partial charge in [-0.15, -0.1) is 6.58 Å². The average molecular weight is 293 g/mol. The molecule has 1 aromatic carbocycles. The van der Waals surface area contributed by atoms with Crippen LogP contribution in [0.1, 0.15) is 39.7 Å². The highest BCUT2D eigenvalue weighted by Gasteiger charge is 2.24. The predicted molar refractivity (Wildman–Crippen MR) is 88.9 cm³/mol. The Morgan fingerprint density at radius 2 is 1.90 bits per heavy atom. The van der Waals surface area contributed by atoms with Crippen molar-refractivity contribution >= 4 is 11.0 Å². The van der Waals surface area contributed by atoms with Gasteiger partial charge < -0.3 is 0 Å². The molecule has 2 nitrogen and oxygen atoms in total. The quantitative estimate of drug-likeness (QED) is 0.760. The van der Waals surface area contributed by atoms with E-state index in [-0.39, 0.29) is 10.8 Å². The Morgan fingerprint density at radius 1 is 1.30 bits per heavy atom. The molecule has 3 heteroatoms. The van der Waals surface area contributed by atoms with Crippen molar-refractivity contribution in [3.8, 4) is 0 Å². The smallest absolute Gasteiger partial charge is 0.0972 e. The Balaban J connectivity index is 2.66. The maximum atomic E-state index is 12.3. The lowest BCUT2D eigenvalue weighted by atomic mass is 9.96. The fourth-order valence-electron chi connectivity index (χ4n) is 1.87. The van der Waals surface area contributed by atoms with Crippen LogP contribution in [0.25, 0.3) is 0 Å². The zero-order chi connectivity index (χ0) is 15.2. The highest BCUT2D eigenvalue weighted by Crippen LogP contribution is 2.16.